The van der Waals surface area contributed by atoms with E-state index < -0.39 is 40.2 Å². The van der Waals surface area contributed by atoms with Crippen LogP contribution in [0.2, 0.25) is 5.02 Å². The average molecular weight is 426 g/mol. The zero-order valence-electron chi connectivity index (χ0n) is 14.7. The number of carbonyl (C=O) groups excluding carboxylic acids is 2. The van der Waals surface area contributed by atoms with Gasteiger partial charge in [0.2, 0.25) is 10.0 Å². The summed E-state index contributed by atoms with van der Waals surface area (Å²) in [4.78, 5) is 24.5. The number of carbonyl (C=O) groups is 2. The molecule has 0 radical (unpaired) electrons. The summed E-state index contributed by atoms with van der Waals surface area (Å²) in [6.45, 7) is -0.369. The van der Waals surface area contributed by atoms with Gasteiger partial charge in [-0.2, -0.15) is 4.31 Å². The van der Waals surface area contributed by atoms with E-state index in [1.54, 1.807) is 0 Å². The molecule has 0 spiro atoms. The minimum Gasteiger partial charge on any atom is -0.456 e. The summed E-state index contributed by atoms with van der Waals surface area (Å²) < 4.78 is 44.7. The smallest absolute Gasteiger partial charge is 0.324 e. The Hall–Kier alpha value is -2.29. The molecule has 2 aromatic rings. The maximum atomic E-state index is 12.9. The number of halogens is 2. The molecule has 0 bridgehead atoms. The Balaban J connectivity index is 1.68. The lowest BCUT2D eigenvalue weighted by Crippen LogP contribution is -2.41. The van der Waals surface area contributed by atoms with Crippen molar-refractivity contribution >= 4 is 33.4 Å². The minimum absolute atomic E-state index is 0.0268. The van der Waals surface area contributed by atoms with Crippen LogP contribution in [0.1, 0.15) is 23.2 Å². The van der Waals surface area contributed by atoms with Crippen LogP contribution in [0.3, 0.4) is 0 Å². The second-order valence-electron chi connectivity index (χ2n) is 6.27. The van der Waals surface area contributed by atoms with Crippen LogP contribution in [-0.2, 0) is 19.6 Å². The normalized spacial score (nSPS) is 17.4. The first-order valence-corrected chi connectivity index (χ1v) is 10.3. The quantitative estimate of drug-likeness (QED) is 0.525. The third-order valence-corrected chi connectivity index (χ3v) is 6.58. The van der Waals surface area contributed by atoms with Gasteiger partial charge in [0, 0.05) is 17.1 Å². The van der Waals surface area contributed by atoms with E-state index in [0.717, 1.165) is 16.4 Å². The molecule has 1 atom stereocenters. The van der Waals surface area contributed by atoms with Crippen LogP contribution in [0.4, 0.5) is 4.39 Å². The molecule has 0 amide bonds. The first kappa shape index (κ1) is 20.4. The number of hydrogen-bond acceptors (Lipinski definition) is 5. The van der Waals surface area contributed by atoms with E-state index in [-0.39, 0.29) is 17.0 Å². The van der Waals surface area contributed by atoms with Crippen molar-refractivity contribution in [3.63, 3.8) is 0 Å². The van der Waals surface area contributed by atoms with Gasteiger partial charge in [0.1, 0.15) is 11.9 Å². The largest absolute Gasteiger partial charge is 0.456 e. The Morgan fingerprint density at radius 1 is 1.11 bits per heavy atom. The number of esters is 1. The molecule has 1 fully saturated rings. The average Bonchev–Trinajstić information content (AvgIpc) is 3.17. The van der Waals surface area contributed by atoms with Gasteiger partial charge >= 0.3 is 5.97 Å². The molecule has 1 aliphatic rings. The highest BCUT2D eigenvalue weighted by Crippen LogP contribution is 2.27. The molecule has 2 aromatic carbocycles. The fourth-order valence-corrected chi connectivity index (χ4v) is 4.73. The number of Topliss-reactive ketones (excluding diaryl/α,β-unsaturated/α-hetero) is 1. The molecule has 6 nitrogen and oxygen atoms in total. The van der Waals surface area contributed by atoms with Crippen LogP contribution in [-0.4, -0.2) is 43.7 Å². The number of sulfonamides is 1. The SMILES string of the molecule is O=C(COC(=O)C1CCCN1S(=O)(=O)c1ccc(Cl)cc1)c1ccc(F)cc1. The Bertz CT molecular complexity index is 976. The third-order valence-electron chi connectivity index (χ3n) is 4.41. The Labute approximate surface area is 166 Å². The van der Waals surface area contributed by atoms with Gasteiger partial charge in [-0.15, -0.1) is 0 Å². The molecule has 1 unspecified atom stereocenters. The van der Waals surface area contributed by atoms with E-state index >= 15 is 0 Å². The zero-order valence-corrected chi connectivity index (χ0v) is 16.2. The summed E-state index contributed by atoms with van der Waals surface area (Å²) in [5.41, 5.74) is 0.200. The lowest BCUT2D eigenvalue weighted by atomic mass is 10.1. The number of nitrogens with zero attached hydrogens (tertiary/aromatic N) is 1. The second-order valence-corrected chi connectivity index (χ2v) is 8.59. The minimum atomic E-state index is -3.90. The van der Waals surface area contributed by atoms with E-state index in [9.17, 15) is 22.4 Å². The third kappa shape index (κ3) is 4.40. The van der Waals surface area contributed by atoms with Crippen molar-refractivity contribution in [2.45, 2.75) is 23.8 Å². The Morgan fingerprint density at radius 3 is 2.39 bits per heavy atom. The summed E-state index contributed by atoms with van der Waals surface area (Å²) in [5.74, 6) is -1.77. The number of ether oxygens (including phenoxy) is 1. The number of rotatable bonds is 6. The summed E-state index contributed by atoms with van der Waals surface area (Å²) in [6.07, 6.45) is 0.800. The van der Waals surface area contributed by atoms with E-state index in [1.165, 1.54) is 36.4 Å². The summed E-state index contributed by atoms with van der Waals surface area (Å²) in [6, 6.07) is 9.50. The van der Waals surface area contributed by atoms with Gasteiger partial charge in [0.15, 0.2) is 12.4 Å². The molecule has 9 heteroatoms. The first-order chi connectivity index (χ1) is 13.3. The summed E-state index contributed by atoms with van der Waals surface area (Å²) in [7, 11) is -3.90. The number of hydrogen-bond donors (Lipinski definition) is 0. The highest BCUT2D eigenvalue weighted by Gasteiger charge is 2.40. The van der Waals surface area contributed by atoms with Gasteiger partial charge in [0.05, 0.1) is 4.90 Å². The van der Waals surface area contributed by atoms with Crippen molar-refractivity contribution in [3.05, 3.63) is 64.9 Å². The molecule has 3 rings (SSSR count). The van der Waals surface area contributed by atoms with Crippen LogP contribution < -0.4 is 0 Å². The van der Waals surface area contributed by atoms with E-state index in [4.69, 9.17) is 16.3 Å². The van der Waals surface area contributed by atoms with Crippen LogP contribution in [0.5, 0.6) is 0 Å². The monoisotopic (exact) mass is 425 g/mol. The highest BCUT2D eigenvalue weighted by molar-refractivity contribution is 7.89. The molecular formula is C19H17ClFNO5S. The van der Waals surface area contributed by atoms with Crippen molar-refractivity contribution in [1.29, 1.82) is 0 Å². The fraction of sp³-hybridized carbons (Fsp3) is 0.263. The fourth-order valence-electron chi connectivity index (χ4n) is 2.96. The van der Waals surface area contributed by atoms with Gasteiger partial charge in [-0.05, 0) is 61.4 Å². The van der Waals surface area contributed by atoms with Crippen LogP contribution in [0.25, 0.3) is 0 Å². The molecule has 148 valence electrons. The molecular weight excluding hydrogens is 409 g/mol. The van der Waals surface area contributed by atoms with Gasteiger partial charge < -0.3 is 4.74 Å². The van der Waals surface area contributed by atoms with Crippen LogP contribution in [0.15, 0.2) is 53.4 Å². The van der Waals surface area contributed by atoms with E-state index in [0.29, 0.717) is 17.9 Å². The maximum absolute atomic E-state index is 12.9. The molecule has 0 saturated carbocycles. The lowest BCUT2D eigenvalue weighted by Gasteiger charge is -2.22. The van der Waals surface area contributed by atoms with Crippen LogP contribution >= 0.6 is 11.6 Å². The predicted octanol–water partition coefficient (Wildman–Crippen LogP) is 3.06. The molecule has 1 aliphatic heterocycles. The van der Waals surface area contributed by atoms with Crippen LogP contribution in [0, 0.1) is 5.82 Å². The van der Waals surface area contributed by atoms with Gasteiger partial charge in [-0.3, -0.25) is 9.59 Å². The van der Waals surface area contributed by atoms with Crippen molar-refractivity contribution in [2.75, 3.05) is 13.2 Å². The molecule has 1 saturated heterocycles. The zero-order chi connectivity index (χ0) is 20.3. The van der Waals surface area contributed by atoms with Gasteiger partial charge in [-0.25, -0.2) is 12.8 Å². The molecule has 1 heterocycles. The van der Waals surface area contributed by atoms with Gasteiger partial charge in [-0.1, -0.05) is 11.6 Å². The predicted molar refractivity (Wildman–Crippen MR) is 100 cm³/mol. The Kier molecular flexibility index (Phi) is 6.12. The summed E-state index contributed by atoms with van der Waals surface area (Å²) >= 11 is 5.80. The van der Waals surface area contributed by atoms with Crippen molar-refractivity contribution < 1.29 is 27.1 Å². The van der Waals surface area contributed by atoms with Crippen molar-refractivity contribution in [3.8, 4) is 0 Å². The molecule has 0 aliphatic carbocycles. The van der Waals surface area contributed by atoms with E-state index in [1.807, 2.05) is 0 Å². The maximum Gasteiger partial charge on any atom is 0.324 e. The number of benzene rings is 2. The highest BCUT2D eigenvalue weighted by atomic mass is 35.5. The number of ketones is 1. The molecule has 0 N–H and O–H groups in total. The lowest BCUT2D eigenvalue weighted by molar-refractivity contribution is -0.146. The van der Waals surface area contributed by atoms with Crippen molar-refractivity contribution in [1.82, 2.24) is 4.31 Å². The molecule has 28 heavy (non-hydrogen) atoms. The Morgan fingerprint density at radius 2 is 1.75 bits per heavy atom. The first-order valence-electron chi connectivity index (χ1n) is 8.52. The summed E-state index contributed by atoms with van der Waals surface area (Å²) in [5, 5.41) is 0.399. The topological polar surface area (TPSA) is 80.8 Å². The second kappa shape index (κ2) is 8.38. The molecule has 0 aromatic heterocycles. The van der Waals surface area contributed by atoms with E-state index in [2.05, 4.69) is 0 Å². The van der Waals surface area contributed by atoms with Crippen molar-refractivity contribution in [2.24, 2.45) is 0 Å². The van der Waals surface area contributed by atoms with Gasteiger partial charge in [0.25, 0.3) is 0 Å². The standard InChI is InChI=1S/C19H17ClFNO5S/c20-14-5-9-16(10-6-14)28(25,26)22-11-1-2-17(22)19(24)27-12-18(23)13-3-7-15(21)8-4-13/h3-10,17H,1-2,11-12H2.